The summed E-state index contributed by atoms with van der Waals surface area (Å²) < 4.78 is 18.3. The molecular formula is C26H28BrNO5. The van der Waals surface area contributed by atoms with Gasteiger partial charge in [0.15, 0.2) is 0 Å². The molecule has 0 fully saturated rings. The number of ether oxygens (including phenoxy) is 2. The predicted octanol–water partition coefficient (Wildman–Crippen LogP) is 5.64. The number of hydrogen-bond acceptors (Lipinski definition) is 6. The van der Waals surface area contributed by atoms with E-state index in [0.717, 1.165) is 10.2 Å². The van der Waals surface area contributed by atoms with Gasteiger partial charge in [-0.15, -0.1) is 0 Å². The fourth-order valence-electron chi connectivity index (χ4n) is 4.60. The molecule has 6 nitrogen and oxygen atoms in total. The zero-order valence-electron chi connectivity index (χ0n) is 19.2. The van der Waals surface area contributed by atoms with Crippen LogP contribution in [0.2, 0.25) is 0 Å². The number of benzene rings is 1. The number of furan rings is 1. The minimum atomic E-state index is -0.556. The first-order valence-electron chi connectivity index (χ1n) is 11.1. The van der Waals surface area contributed by atoms with E-state index in [9.17, 15) is 9.59 Å². The van der Waals surface area contributed by atoms with Crippen LogP contribution in [0.5, 0.6) is 5.75 Å². The number of hydrogen-bond donors (Lipinski definition) is 1. The molecule has 33 heavy (non-hydrogen) atoms. The number of allylic oxidation sites excluding steroid dienone is 3. The van der Waals surface area contributed by atoms with Crippen LogP contribution in [0.15, 0.2) is 68.3 Å². The normalized spacial score (nSPS) is 21.7. The molecule has 0 saturated heterocycles. The van der Waals surface area contributed by atoms with Gasteiger partial charge in [0.2, 0.25) is 0 Å². The summed E-state index contributed by atoms with van der Waals surface area (Å²) in [6, 6.07) is 11.2. The summed E-state index contributed by atoms with van der Waals surface area (Å²) in [6.07, 6.45) is 2.49. The van der Waals surface area contributed by atoms with Crippen LogP contribution in [0.25, 0.3) is 0 Å². The zero-order chi connectivity index (χ0) is 23.8. The van der Waals surface area contributed by atoms with E-state index in [2.05, 4.69) is 27.3 Å². The number of rotatable bonds is 6. The van der Waals surface area contributed by atoms with Crippen LogP contribution in [-0.4, -0.2) is 18.4 Å². The molecule has 0 bridgehead atoms. The first-order valence-corrected chi connectivity index (χ1v) is 11.8. The van der Waals surface area contributed by atoms with E-state index in [0.29, 0.717) is 35.0 Å². The van der Waals surface area contributed by atoms with E-state index >= 15 is 0 Å². The second-order valence-electron chi connectivity index (χ2n) is 9.12. The van der Waals surface area contributed by atoms with E-state index < -0.39 is 17.8 Å². The summed E-state index contributed by atoms with van der Waals surface area (Å²) in [5.41, 5.74) is 1.67. The van der Waals surface area contributed by atoms with Crippen LogP contribution in [0.1, 0.15) is 51.6 Å². The Morgan fingerprint density at radius 3 is 2.76 bits per heavy atom. The Bertz CT molecular complexity index is 1140. The van der Waals surface area contributed by atoms with E-state index in [1.54, 1.807) is 6.92 Å². The molecule has 0 radical (unpaired) electrons. The number of fused-ring (bicyclic) bond motifs is 1. The van der Waals surface area contributed by atoms with Gasteiger partial charge in [0.25, 0.3) is 0 Å². The third kappa shape index (κ3) is 4.93. The molecule has 1 aliphatic carbocycles. The van der Waals surface area contributed by atoms with Crippen LogP contribution in [0.3, 0.4) is 0 Å². The third-order valence-electron chi connectivity index (χ3n) is 5.90. The number of ketones is 1. The van der Waals surface area contributed by atoms with Crippen LogP contribution in [0, 0.1) is 11.3 Å². The van der Waals surface area contributed by atoms with Crippen molar-refractivity contribution in [2.75, 3.05) is 6.61 Å². The second-order valence-corrected chi connectivity index (χ2v) is 10.0. The number of halogens is 1. The summed E-state index contributed by atoms with van der Waals surface area (Å²) in [6.45, 7) is 8.16. The third-order valence-corrected chi connectivity index (χ3v) is 6.39. The fraction of sp³-hybridized carbons (Fsp3) is 0.385. The first-order chi connectivity index (χ1) is 15.7. The summed E-state index contributed by atoms with van der Waals surface area (Å²) in [7, 11) is 0. The van der Waals surface area contributed by atoms with E-state index in [-0.39, 0.29) is 24.4 Å². The number of esters is 1. The molecular weight excluding hydrogens is 486 g/mol. The van der Waals surface area contributed by atoms with Crippen LogP contribution in [0.4, 0.5) is 0 Å². The highest BCUT2D eigenvalue weighted by Gasteiger charge is 2.47. The van der Waals surface area contributed by atoms with Crippen molar-refractivity contribution >= 4 is 27.7 Å². The second kappa shape index (κ2) is 9.21. The fourth-order valence-corrected chi connectivity index (χ4v) is 4.98. The van der Waals surface area contributed by atoms with E-state index in [1.807, 2.05) is 57.2 Å². The lowest BCUT2D eigenvalue weighted by Gasteiger charge is -2.40. The van der Waals surface area contributed by atoms with Crippen molar-refractivity contribution < 1.29 is 23.5 Å². The van der Waals surface area contributed by atoms with E-state index in [1.165, 1.54) is 0 Å². The minimum Gasteiger partial charge on any atom is -0.486 e. The van der Waals surface area contributed by atoms with Crippen molar-refractivity contribution in [1.29, 1.82) is 0 Å². The molecule has 0 amide bonds. The monoisotopic (exact) mass is 513 g/mol. The molecule has 7 heteroatoms. The van der Waals surface area contributed by atoms with Crippen molar-refractivity contribution in [3.8, 4) is 5.75 Å². The number of carbonyl (C=O) groups is 2. The molecule has 1 aromatic carbocycles. The molecule has 0 saturated carbocycles. The van der Waals surface area contributed by atoms with Gasteiger partial charge in [0.05, 0.1) is 24.0 Å². The summed E-state index contributed by atoms with van der Waals surface area (Å²) >= 11 is 3.43. The lowest BCUT2D eigenvalue weighted by Crippen LogP contribution is -2.43. The van der Waals surface area contributed by atoms with Crippen molar-refractivity contribution in [3.63, 3.8) is 0 Å². The molecule has 2 heterocycles. The molecule has 1 N–H and O–H groups in total. The quantitative estimate of drug-likeness (QED) is 0.503. The molecule has 4 rings (SSSR count). The highest BCUT2D eigenvalue weighted by molar-refractivity contribution is 9.10. The van der Waals surface area contributed by atoms with Gasteiger partial charge in [-0.1, -0.05) is 41.9 Å². The largest absolute Gasteiger partial charge is 0.486 e. The van der Waals surface area contributed by atoms with Crippen LogP contribution < -0.4 is 10.1 Å². The highest BCUT2D eigenvalue weighted by atomic mass is 79.9. The molecule has 1 aliphatic heterocycles. The molecule has 2 aliphatic rings. The number of carbonyl (C=O) groups excluding carboxylic acids is 2. The van der Waals surface area contributed by atoms with Gasteiger partial charge in [0, 0.05) is 22.3 Å². The topological polar surface area (TPSA) is 77.8 Å². The van der Waals surface area contributed by atoms with Crippen LogP contribution >= 0.6 is 15.9 Å². The standard InChI is InChI=1S/C26H28BrNO5/c1-5-31-25(30)22-15(2)28-19-12-26(3,4)13-20(29)23(19)24(22)21-10-9-18(33-21)14-32-17-8-6-7-16(27)11-17/h6-12,23-24,28H,5,13-14H2,1-4H3. The maximum Gasteiger partial charge on any atom is 0.336 e. The predicted molar refractivity (Wildman–Crippen MR) is 127 cm³/mol. The van der Waals surface area contributed by atoms with Gasteiger partial charge in [-0.3, -0.25) is 4.79 Å². The Hall–Kier alpha value is -2.80. The van der Waals surface area contributed by atoms with Gasteiger partial charge in [-0.25, -0.2) is 4.79 Å². The maximum atomic E-state index is 13.3. The minimum absolute atomic E-state index is 0.0765. The molecule has 2 unspecified atom stereocenters. The molecule has 0 spiro atoms. The first kappa shape index (κ1) is 23.4. The lowest BCUT2D eigenvalue weighted by molar-refractivity contribution is -0.139. The van der Waals surface area contributed by atoms with Crippen molar-refractivity contribution in [2.24, 2.45) is 11.3 Å². The Morgan fingerprint density at radius 2 is 2.03 bits per heavy atom. The Balaban J connectivity index is 1.68. The van der Waals surface area contributed by atoms with E-state index in [4.69, 9.17) is 13.9 Å². The summed E-state index contributed by atoms with van der Waals surface area (Å²) in [5, 5.41) is 3.30. The van der Waals surface area contributed by atoms with Gasteiger partial charge in [-0.2, -0.15) is 0 Å². The van der Waals surface area contributed by atoms with Crippen molar-refractivity contribution in [2.45, 2.75) is 46.6 Å². The highest BCUT2D eigenvalue weighted by Crippen LogP contribution is 2.47. The van der Waals surface area contributed by atoms with Gasteiger partial charge >= 0.3 is 5.97 Å². The average Bonchev–Trinajstić information content (AvgIpc) is 3.19. The Morgan fingerprint density at radius 1 is 1.24 bits per heavy atom. The van der Waals surface area contributed by atoms with Crippen molar-refractivity contribution in [3.05, 3.63) is 75.4 Å². The zero-order valence-corrected chi connectivity index (χ0v) is 20.8. The lowest BCUT2D eigenvalue weighted by atomic mass is 9.67. The summed E-state index contributed by atoms with van der Waals surface area (Å²) in [4.78, 5) is 26.2. The van der Waals surface area contributed by atoms with Crippen molar-refractivity contribution in [1.82, 2.24) is 5.32 Å². The Kier molecular flexibility index (Phi) is 6.52. The molecule has 2 atom stereocenters. The number of Topliss-reactive ketones (excluding diaryl/α,β-unsaturated/α-hetero) is 1. The molecule has 1 aromatic heterocycles. The van der Waals surface area contributed by atoms with Gasteiger partial charge in [0.1, 0.15) is 29.7 Å². The smallest absolute Gasteiger partial charge is 0.336 e. The Labute approximate surface area is 202 Å². The number of nitrogens with one attached hydrogen (secondary N) is 1. The van der Waals surface area contributed by atoms with Crippen LogP contribution in [-0.2, 0) is 20.9 Å². The molecule has 2 aromatic rings. The SMILES string of the molecule is CCOC(=O)C1=C(C)NC2=CC(C)(C)CC(=O)C2C1c1ccc(COc2cccc(Br)c2)o1. The van der Waals surface area contributed by atoms with Gasteiger partial charge < -0.3 is 19.2 Å². The summed E-state index contributed by atoms with van der Waals surface area (Å²) in [5.74, 6) is 0.433. The molecule has 174 valence electrons. The average molecular weight is 514 g/mol. The van der Waals surface area contributed by atoms with Gasteiger partial charge in [-0.05, 0) is 49.6 Å². The maximum absolute atomic E-state index is 13.3.